The molecule has 0 fully saturated rings. The average Bonchev–Trinajstić information content (AvgIpc) is 2.96. The van der Waals surface area contributed by atoms with Crippen molar-refractivity contribution in [1.82, 2.24) is 15.0 Å². The van der Waals surface area contributed by atoms with Crippen molar-refractivity contribution in [2.24, 2.45) is 0 Å². The van der Waals surface area contributed by atoms with Crippen LogP contribution in [0.5, 0.6) is 0 Å². The molecule has 1 heterocycles. The van der Waals surface area contributed by atoms with Gasteiger partial charge in [0.15, 0.2) is 5.69 Å². The molecule has 0 spiro atoms. The Balaban J connectivity index is 1.76. The SMILES string of the molecule is Cc1c(C(=O)Nc2cccc(CO)c2)nnn1Cc1cccc(F)c1. The standard InChI is InChI=1S/C18H17FN4O2/c1-12-17(18(25)20-16-7-3-5-14(9-16)11-24)21-22-23(12)10-13-4-2-6-15(19)8-13/h2-9,24H,10-11H2,1H3,(H,20,25). The van der Waals surface area contributed by atoms with Gasteiger partial charge in [0.25, 0.3) is 5.91 Å². The molecule has 25 heavy (non-hydrogen) atoms. The van der Waals surface area contributed by atoms with E-state index in [-0.39, 0.29) is 18.1 Å². The second-order valence-electron chi connectivity index (χ2n) is 5.62. The normalized spacial score (nSPS) is 10.7. The lowest BCUT2D eigenvalue weighted by Gasteiger charge is -2.06. The summed E-state index contributed by atoms with van der Waals surface area (Å²) >= 11 is 0. The summed E-state index contributed by atoms with van der Waals surface area (Å²) in [6.07, 6.45) is 0. The van der Waals surface area contributed by atoms with Crippen LogP contribution < -0.4 is 5.32 Å². The molecule has 0 atom stereocenters. The van der Waals surface area contributed by atoms with Gasteiger partial charge in [0.1, 0.15) is 5.82 Å². The number of aliphatic hydroxyl groups is 1. The predicted molar refractivity (Wildman–Crippen MR) is 90.6 cm³/mol. The molecular formula is C18H17FN4O2. The van der Waals surface area contributed by atoms with Gasteiger partial charge >= 0.3 is 0 Å². The maximum absolute atomic E-state index is 13.3. The maximum atomic E-state index is 13.3. The van der Waals surface area contributed by atoms with E-state index < -0.39 is 5.91 Å². The number of anilines is 1. The van der Waals surface area contributed by atoms with Gasteiger partial charge in [-0.25, -0.2) is 9.07 Å². The van der Waals surface area contributed by atoms with Crippen molar-refractivity contribution >= 4 is 11.6 Å². The zero-order valence-electron chi connectivity index (χ0n) is 13.6. The number of halogens is 1. The van der Waals surface area contributed by atoms with Gasteiger partial charge in [-0.05, 0) is 42.3 Å². The van der Waals surface area contributed by atoms with Crippen LogP contribution >= 0.6 is 0 Å². The van der Waals surface area contributed by atoms with Crippen molar-refractivity contribution in [2.45, 2.75) is 20.1 Å². The summed E-state index contributed by atoms with van der Waals surface area (Å²) in [7, 11) is 0. The number of amides is 1. The molecule has 1 aromatic heterocycles. The van der Waals surface area contributed by atoms with E-state index in [9.17, 15) is 9.18 Å². The molecular weight excluding hydrogens is 323 g/mol. The lowest BCUT2D eigenvalue weighted by atomic mass is 10.2. The molecule has 6 nitrogen and oxygen atoms in total. The molecule has 0 unspecified atom stereocenters. The molecule has 1 amide bonds. The number of nitrogens with one attached hydrogen (secondary N) is 1. The molecule has 2 N–H and O–H groups in total. The van der Waals surface area contributed by atoms with E-state index in [1.807, 2.05) is 0 Å². The van der Waals surface area contributed by atoms with E-state index in [2.05, 4.69) is 15.6 Å². The summed E-state index contributed by atoms with van der Waals surface area (Å²) in [6, 6.07) is 13.1. The highest BCUT2D eigenvalue weighted by atomic mass is 19.1. The molecule has 0 radical (unpaired) electrons. The van der Waals surface area contributed by atoms with Gasteiger partial charge in [-0.15, -0.1) is 5.10 Å². The van der Waals surface area contributed by atoms with Crippen molar-refractivity contribution in [1.29, 1.82) is 0 Å². The Labute approximate surface area is 143 Å². The van der Waals surface area contributed by atoms with E-state index in [0.717, 1.165) is 5.56 Å². The van der Waals surface area contributed by atoms with Crippen LogP contribution in [0.1, 0.15) is 27.3 Å². The molecule has 0 bridgehead atoms. The number of carbonyl (C=O) groups is 1. The molecule has 0 saturated heterocycles. The number of hydrogen-bond donors (Lipinski definition) is 2. The van der Waals surface area contributed by atoms with Gasteiger partial charge in [-0.2, -0.15) is 0 Å². The van der Waals surface area contributed by atoms with Gasteiger partial charge in [0.05, 0.1) is 18.8 Å². The average molecular weight is 340 g/mol. The topological polar surface area (TPSA) is 80.0 Å². The highest BCUT2D eigenvalue weighted by Gasteiger charge is 2.17. The summed E-state index contributed by atoms with van der Waals surface area (Å²) in [6.45, 7) is 1.95. The number of aliphatic hydroxyl groups excluding tert-OH is 1. The van der Waals surface area contributed by atoms with Crippen LogP contribution in [0.15, 0.2) is 48.5 Å². The fourth-order valence-electron chi connectivity index (χ4n) is 2.47. The number of hydrogen-bond acceptors (Lipinski definition) is 4. The summed E-state index contributed by atoms with van der Waals surface area (Å²) in [5.41, 5.74) is 2.78. The first-order chi connectivity index (χ1) is 12.1. The van der Waals surface area contributed by atoms with Crippen LogP contribution in [-0.2, 0) is 13.2 Å². The lowest BCUT2D eigenvalue weighted by molar-refractivity contribution is 0.102. The molecule has 0 aliphatic rings. The zero-order chi connectivity index (χ0) is 17.8. The monoisotopic (exact) mass is 340 g/mol. The fraction of sp³-hybridized carbons (Fsp3) is 0.167. The Morgan fingerprint density at radius 1 is 1.20 bits per heavy atom. The molecule has 3 aromatic rings. The molecule has 0 aliphatic carbocycles. The van der Waals surface area contributed by atoms with E-state index in [0.29, 0.717) is 23.5 Å². The van der Waals surface area contributed by atoms with Crippen LogP contribution in [0.2, 0.25) is 0 Å². The van der Waals surface area contributed by atoms with Crippen LogP contribution in [0.3, 0.4) is 0 Å². The van der Waals surface area contributed by atoms with Crippen LogP contribution in [-0.4, -0.2) is 26.0 Å². The second-order valence-corrected chi connectivity index (χ2v) is 5.62. The quantitative estimate of drug-likeness (QED) is 0.748. The van der Waals surface area contributed by atoms with E-state index >= 15 is 0 Å². The van der Waals surface area contributed by atoms with Crippen LogP contribution in [0, 0.1) is 12.7 Å². The third-order valence-corrected chi connectivity index (χ3v) is 3.79. The largest absolute Gasteiger partial charge is 0.392 e. The van der Waals surface area contributed by atoms with Gasteiger partial charge in [0, 0.05) is 5.69 Å². The third-order valence-electron chi connectivity index (χ3n) is 3.79. The van der Waals surface area contributed by atoms with Gasteiger partial charge < -0.3 is 10.4 Å². The number of benzene rings is 2. The van der Waals surface area contributed by atoms with E-state index in [4.69, 9.17) is 5.11 Å². The molecule has 128 valence electrons. The molecule has 3 rings (SSSR count). The van der Waals surface area contributed by atoms with Crippen molar-refractivity contribution in [3.05, 3.63) is 76.9 Å². The first-order valence-electron chi connectivity index (χ1n) is 7.72. The summed E-state index contributed by atoms with van der Waals surface area (Å²) in [5.74, 6) is -0.713. The first-order valence-corrected chi connectivity index (χ1v) is 7.72. The summed E-state index contributed by atoms with van der Waals surface area (Å²) < 4.78 is 14.8. The fourth-order valence-corrected chi connectivity index (χ4v) is 2.47. The van der Waals surface area contributed by atoms with Crippen molar-refractivity contribution in [2.75, 3.05) is 5.32 Å². The number of nitrogens with zero attached hydrogens (tertiary/aromatic N) is 3. The van der Waals surface area contributed by atoms with Gasteiger partial charge in [-0.1, -0.05) is 29.5 Å². The molecule has 2 aromatic carbocycles. The Bertz CT molecular complexity index is 908. The minimum Gasteiger partial charge on any atom is -0.392 e. The summed E-state index contributed by atoms with van der Waals surface area (Å²) in [4.78, 5) is 12.4. The van der Waals surface area contributed by atoms with Crippen molar-refractivity contribution < 1.29 is 14.3 Å². The Morgan fingerprint density at radius 3 is 2.72 bits per heavy atom. The summed E-state index contributed by atoms with van der Waals surface area (Å²) in [5, 5.41) is 19.8. The number of carbonyl (C=O) groups excluding carboxylic acids is 1. The third kappa shape index (κ3) is 3.89. The van der Waals surface area contributed by atoms with Crippen LogP contribution in [0.4, 0.5) is 10.1 Å². The second kappa shape index (κ2) is 7.23. The molecule has 7 heteroatoms. The lowest BCUT2D eigenvalue weighted by Crippen LogP contribution is -2.14. The van der Waals surface area contributed by atoms with Gasteiger partial charge in [0.2, 0.25) is 0 Å². The highest BCUT2D eigenvalue weighted by molar-refractivity contribution is 6.03. The Kier molecular flexibility index (Phi) is 4.85. The molecule has 0 aliphatic heterocycles. The predicted octanol–water partition coefficient (Wildman–Crippen LogP) is 2.52. The molecule has 0 saturated carbocycles. The van der Waals surface area contributed by atoms with Crippen molar-refractivity contribution in [3.8, 4) is 0 Å². The van der Waals surface area contributed by atoms with Crippen LogP contribution in [0.25, 0.3) is 0 Å². The number of aromatic nitrogens is 3. The van der Waals surface area contributed by atoms with Gasteiger partial charge in [-0.3, -0.25) is 4.79 Å². The Morgan fingerprint density at radius 2 is 1.96 bits per heavy atom. The minimum absolute atomic E-state index is 0.105. The first kappa shape index (κ1) is 16.8. The van der Waals surface area contributed by atoms with E-state index in [1.54, 1.807) is 48.0 Å². The minimum atomic E-state index is -0.391. The maximum Gasteiger partial charge on any atom is 0.278 e. The number of rotatable bonds is 5. The zero-order valence-corrected chi connectivity index (χ0v) is 13.6. The smallest absolute Gasteiger partial charge is 0.278 e. The highest BCUT2D eigenvalue weighted by Crippen LogP contribution is 2.14. The Hall–Kier alpha value is -3.06. The van der Waals surface area contributed by atoms with E-state index in [1.165, 1.54) is 12.1 Å². The van der Waals surface area contributed by atoms with Crippen molar-refractivity contribution in [3.63, 3.8) is 0 Å².